The molecule has 4 rings (SSSR count). The van der Waals surface area contributed by atoms with Crippen molar-refractivity contribution in [3.8, 4) is 6.07 Å². The van der Waals surface area contributed by atoms with Gasteiger partial charge in [-0.1, -0.05) is 60.7 Å². The average Bonchev–Trinajstić information content (AvgIpc) is 3.36. The maximum atomic E-state index is 13.2. The van der Waals surface area contributed by atoms with Gasteiger partial charge < -0.3 is 24.8 Å². The summed E-state index contributed by atoms with van der Waals surface area (Å²) in [4.78, 5) is 32.1. The van der Waals surface area contributed by atoms with Crippen molar-refractivity contribution < 1.29 is 14.3 Å². The van der Waals surface area contributed by atoms with Gasteiger partial charge in [0.05, 0.1) is 31.3 Å². The lowest BCUT2D eigenvalue weighted by Gasteiger charge is -2.29. The number of urea groups is 1. The molecule has 186 valence electrons. The van der Waals surface area contributed by atoms with Crippen LogP contribution in [0.25, 0.3) is 0 Å². The molecule has 1 aromatic heterocycles. The molecular formula is C27H30N6O3. The van der Waals surface area contributed by atoms with E-state index in [0.29, 0.717) is 45.0 Å². The maximum Gasteiger partial charge on any atom is 0.318 e. The number of ether oxygens (including phenoxy) is 1. The van der Waals surface area contributed by atoms with Crippen LogP contribution in [-0.2, 0) is 28.9 Å². The second-order valence-electron chi connectivity index (χ2n) is 8.71. The van der Waals surface area contributed by atoms with E-state index in [2.05, 4.69) is 21.7 Å². The standard InChI is InChI=1S/C27H30N6O3/c28-17-23(16-24-19-32(20-29-24)18-22-9-5-2-6-10-22)30-26(34)25(15-21-7-3-1-4-8-21)31-27(35)33-11-13-36-14-12-33/h1-10,19-20,23,25H,11-16,18H2,(H,30,34)(H,31,35)/t23-,25-/m0/s1. The maximum absolute atomic E-state index is 13.2. The van der Waals surface area contributed by atoms with E-state index in [4.69, 9.17) is 4.74 Å². The van der Waals surface area contributed by atoms with E-state index in [1.807, 2.05) is 71.4 Å². The molecule has 9 nitrogen and oxygen atoms in total. The Balaban J connectivity index is 1.39. The number of carbonyl (C=O) groups excluding carboxylic acids is 2. The number of nitrogens with zero attached hydrogens (tertiary/aromatic N) is 4. The van der Waals surface area contributed by atoms with Crippen LogP contribution in [0, 0.1) is 11.3 Å². The lowest BCUT2D eigenvalue weighted by molar-refractivity contribution is -0.123. The van der Waals surface area contributed by atoms with Gasteiger partial charge in [0.25, 0.3) is 0 Å². The van der Waals surface area contributed by atoms with Crippen molar-refractivity contribution in [2.75, 3.05) is 26.3 Å². The van der Waals surface area contributed by atoms with Crippen LogP contribution in [0.2, 0.25) is 0 Å². The summed E-state index contributed by atoms with van der Waals surface area (Å²) < 4.78 is 7.26. The molecule has 1 aliphatic heterocycles. The summed E-state index contributed by atoms with van der Waals surface area (Å²) in [7, 11) is 0. The molecule has 0 aliphatic carbocycles. The number of benzene rings is 2. The Kier molecular flexibility index (Phi) is 8.67. The summed E-state index contributed by atoms with van der Waals surface area (Å²) >= 11 is 0. The van der Waals surface area contributed by atoms with Crippen LogP contribution in [-0.4, -0.2) is 64.8 Å². The first-order valence-electron chi connectivity index (χ1n) is 12.0. The fraction of sp³-hybridized carbons (Fsp3) is 0.333. The second-order valence-corrected chi connectivity index (χ2v) is 8.71. The van der Waals surface area contributed by atoms with Crippen molar-refractivity contribution in [3.63, 3.8) is 0 Å². The van der Waals surface area contributed by atoms with Gasteiger partial charge in [-0.2, -0.15) is 5.26 Å². The molecule has 3 aromatic rings. The number of rotatable bonds is 9. The molecule has 0 spiro atoms. The quantitative estimate of drug-likeness (QED) is 0.481. The number of amides is 3. The van der Waals surface area contributed by atoms with Crippen molar-refractivity contribution in [1.82, 2.24) is 25.1 Å². The molecule has 0 bridgehead atoms. The molecule has 1 fully saturated rings. The number of hydrogen-bond acceptors (Lipinski definition) is 5. The molecule has 2 N–H and O–H groups in total. The van der Waals surface area contributed by atoms with Crippen LogP contribution < -0.4 is 10.6 Å². The normalized spacial score (nSPS) is 14.9. The van der Waals surface area contributed by atoms with Crippen LogP contribution in [0.15, 0.2) is 73.2 Å². The Hall–Kier alpha value is -4.16. The molecule has 0 radical (unpaired) electrons. The molecule has 0 unspecified atom stereocenters. The second kappa shape index (κ2) is 12.5. The third-order valence-electron chi connectivity index (χ3n) is 5.98. The van der Waals surface area contributed by atoms with Crippen molar-refractivity contribution in [2.24, 2.45) is 0 Å². The molecule has 2 aromatic carbocycles. The summed E-state index contributed by atoms with van der Waals surface area (Å²) in [6.07, 6.45) is 4.18. The van der Waals surface area contributed by atoms with Crippen LogP contribution in [0.3, 0.4) is 0 Å². The summed E-state index contributed by atoms with van der Waals surface area (Å²) in [6.45, 7) is 2.55. The van der Waals surface area contributed by atoms with Gasteiger partial charge in [0.1, 0.15) is 12.1 Å². The predicted molar refractivity (Wildman–Crippen MR) is 134 cm³/mol. The lowest BCUT2D eigenvalue weighted by Crippen LogP contribution is -2.55. The summed E-state index contributed by atoms with van der Waals surface area (Å²) in [5.74, 6) is -0.407. The highest BCUT2D eigenvalue weighted by Crippen LogP contribution is 2.08. The van der Waals surface area contributed by atoms with Gasteiger partial charge in [0.2, 0.25) is 5.91 Å². The highest BCUT2D eigenvalue weighted by molar-refractivity contribution is 5.87. The molecule has 2 atom stereocenters. The van der Waals surface area contributed by atoms with Crippen LogP contribution in [0.5, 0.6) is 0 Å². The zero-order valence-electron chi connectivity index (χ0n) is 20.0. The number of imidazole rings is 1. The number of aromatic nitrogens is 2. The Labute approximate surface area is 210 Å². The van der Waals surface area contributed by atoms with E-state index in [9.17, 15) is 14.9 Å². The molecule has 0 saturated carbocycles. The number of hydrogen-bond donors (Lipinski definition) is 2. The average molecular weight is 487 g/mol. The smallest absolute Gasteiger partial charge is 0.318 e. The molecule has 1 aliphatic rings. The number of morpholine rings is 1. The minimum absolute atomic E-state index is 0.263. The Bertz CT molecular complexity index is 1170. The van der Waals surface area contributed by atoms with Gasteiger partial charge in [-0.05, 0) is 11.1 Å². The molecule has 36 heavy (non-hydrogen) atoms. The van der Waals surface area contributed by atoms with Crippen LogP contribution >= 0.6 is 0 Å². The number of nitriles is 1. The van der Waals surface area contributed by atoms with E-state index in [1.165, 1.54) is 0 Å². The highest BCUT2D eigenvalue weighted by Gasteiger charge is 2.27. The number of nitrogens with one attached hydrogen (secondary N) is 2. The van der Waals surface area contributed by atoms with Gasteiger partial charge in [-0.3, -0.25) is 4.79 Å². The largest absolute Gasteiger partial charge is 0.378 e. The molecule has 1 saturated heterocycles. The van der Waals surface area contributed by atoms with E-state index >= 15 is 0 Å². The van der Waals surface area contributed by atoms with Gasteiger partial charge in [-0.15, -0.1) is 0 Å². The monoisotopic (exact) mass is 486 g/mol. The molecular weight excluding hydrogens is 456 g/mol. The Morgan fingerprint density at radius 1 is 0.972 bits per heavy atom. The number of carbonyl (C=O) groups is 2. The van der Waals surface area contributed by atoms with Crippen LogP contribution in [0.4, 0.5) is 4.79 Å². The Morgan fingerprint density at radius 3 is 2.31 bits per heavy atom. The predicted octanol–water partition coefficient (Wildman–Crippen LogP) is 2.14. The van der Waals surface area contributed by atoms with Crippen LogP contribution in [0.1, 0.15) is 16.8 Å². The topological polar surface area (TPSA) is 112 Å². The third-order valence-corrected chi connectivity index (χ3v) is 5.98. The van der Waals surface area contributed by atoms with E-state index in [1.54, 1.807) is 11.2 Å². The van der Waals surface area contributed by atoms with Gasteiger partial charge in [0, 0.05) is 38.7 Å². The van der Waals surface area contributed by atoms with Gasteiger partial charge >= 0.3 is 6.03 Å². The summed E-state index contributed by atoms with van der Waals surface area (Å²) in [6, 6.07) is 19.7. The van der Waals surface area contributed by atoms with E-state index in [0.717, 1.165) is 11.1 Å². The molecule has 3 amide bonds. The fourth-order valence-corrected chi connectivity index (χ4v) is 4.07. The summed E-state index contributed by atoms with van der Waals surface area (Å²) in [5.41, 5.74) is 2.76. The van der Waals surface area contributed by atoms with E-state index in [-0.39, 0.29) is 12.5 Å². The first kappa shape index (κ1) is 24.9. The fourth-order valence-electron chi connectivity index (χ4n) is 4.07. The van der Waals surface area contributed by atoms with Crippen molar-refractivity contribution in [3.05, 3.63) is 90.0 Å². The molecule has 9 heteroatoms. The first-order chi connectivity index (χ1) is 17.6. The minimum Gasteiger partial charge on any atom is -0.378 e. The van der Waals surface area contributed by atoms with Crippen molar-refractivity contribution in [2.45, 2.75) is 31.5 Å². The zero-order chi connectivity index (χ0) is 25.2. The third kappa shape index (κ3) is 7.17. The van der Waals surface area contributed by atoms with Crippen molar-refractivity contribution >= 4 is 11.9 Å². The molecule has 2 heterocycles. The first-order valence-corrected chi connectivity index (χ1v) is 12.0. The lowest BCUT2D eigenvalue weighted by atomic mass is 10.0. The van der Waals surface area contributed by atoms with E-state index < -0.39 is 18.0 Å². The van der Waals surface area contributed by atoms with Gasteiger partial charge in [-0.25, -0.2) is 9.78 Å². The SMILES string of the molecule is N#C[C@H](Cc1cn(Cc2ccccc2)cn1)NC(=O)[C@H](Cc1ccccc1)NC(=O)N1CCOCC1. The zero-order valence-corrected chi connectivity index (χ0v) is 20.0. The minimum atomic E-state index is -0.825. The van der Waals surface area contributed by atoms with Crippen molar-refractivity contribution in [1.29, 1.82) is 5.26 Å². The Morgan fingerprint density at radius 2 is 1.64 bits per heavy atom. The summed E-state index contributed by atoms with van der Waals surface area (Å²) in [5, 5.41) is 15.4. The van der Waals surface area contributed by atoms with Gasteiger partial charge in [0.15, 0.2) is 0 Å². The highest BCUT2D eigenvalue weighted by atomic mass is 16.5.